The number of hydrogen-bond donors (Lipinski definition) is 3. The van der Waals surface area contributed by atoms with E-state index in [2.05, 4.69) is 15.7 Å². The maximum atomic E-state index is 10.3. The average Bonchev–Trinajstić information content (AvgIpc) is 1.89. The van der Waals surface area contributed by atoms with Crippen LogP contribution in [0.2, 0.25) is 0 Å². The van der Waals surface area contributed by atoms with Gasteiger partial charge in [0.25, 0.3) is 0 Å². The molecule has 0 atom stereocenters. The van der Waals surface area contributed by atoms with Gasteiger partial charge < -0.3 is 4.84 Å². The van der Waals surface area contributed by atoms with Crippen LogP contribution in [0.3, 0.4) is 0 Å². The Kier molecular flexibility index (Phi) is 5.03. The predicted molar refractivity (Wildman–Crippen MR) is 27.9 cm³/mol. The van der Waals surface area contributed by atoms with Gasteiger partial charge in [0.15, 0.2) is 0 Å². The Morgan fingerprint density at radius 2 is 2.33 bits per heavy atom. The van der Waals surface area contributed by atoms with Crippen molar-refractivity contribution in [3.63, 3.8) is 0 Å². The van der Waals surface area contributed by atoms with Gasteiger partial charge in [-0.2, -0.15) is 10.8 Å². The molecule has 0 aliphatic heterocycles. The summed E-state index contributed by atoms with van der Waals surface area (Å²) >= 11 is 0. The van der Waals surface area contributed by atoms with Crippen LogP contribution < -0.4 is 17.1 Å². The molecule has 0 aliphatic carbocycles. The molecule has 6 heteroatoms. The molecule has 0 aliphatic rings. The largest absolute Gasteiger partial charge is 0.354 e. The molecule has 0 spiro atoms. The van der Waals surface area contributed by atoms with E-state index in [1.54, 1.807) is 6.92 Å². The molecule has 9 heavy (non-hydrogen) atoms. The van der Waals surface area contributed by atoms with Crippen molar-refractivity contribution in [3.8, 4) is 0 Å². The highest BCUT2D eigenvalue weighted by Crippen LogP contribution is 1.76. The van der Waals surface area contributed by atoms with Crippen LogP contribution in [0.5, 0.6) is 0 Å². The maximum Gasteiger partial charge on any atom is 0.326 e. The third-order valence-electron chi connectivity index (χ3n) is 0.554. The molecule has 0 bridgehead atoms. The molecule has 0 aromatic rings. The summed E-state index contributed by atoms with van der Waals surface area (Å²) in [6.07, 6.45) is 0.291. The molecule has 0 saturated heterocycles. The van der Waals surface area contributed by atoms with Crippen molar-refractivity contribution in [2.24, 2.45) is 5.90 Å². The van der Waals surface area contributed by atoms with Crippen molar-refractivity contribution < 1.29 is 14.6 Å². The minimum absolute atomic E-state index is 0.291. The SMILES string of the molecule is CCC(=O)ONNON. The van der Waals surface area contributed by atoms with Crippen molar-refractivity contribution in [2.75, 3.05) is 0 Å². The standard InChI is InChI=1S/C3H9N3O3/c1-2-3(7)8-5-6-9-4/h5-6H,2,4H2,1H3. The van der Waals surface area contributed by atoms with Gasteiger partial charge in [-0.1, -0.05) is 18.1 Å². The number of carbonyl (C=O) groups excluding carboxylic acids is 1. The second kappa shape index (κ2) is 5.45. The van der Waals surface area contributed by atoms with Crippen molar-refractivity contribution >= 4 is 5.97 Å². The molecular formula is C3H9N3O3. The summed E-state index contributed by atoms with van der Waals surface area (Å²) in [4.78, 5) is 18.3. The van der Waals surface area contributed by atoms with E-state index in [1.165, 1.54) is 0 Å². The van der Waals surface area contributed by atoms with Crippen LogP contribution in [0.15, 0.2) is 0 Å². The number of carbonyl (C=O) groups is 1. The van der Waals surface area contributed by atoms with E-state index in [9.17, 15) is 4.79 Å². The van der Waals surface area contributed by atoms with Crippen LogP contribution in [0.1, 0.15) is 13.3 Å². The summed E-state index contributed by atoms with van der Waals surface area (Å²) < 4.78 is 0. The van der Waals surface area contributed by atoms with Gasteiger partial charge >= 0.3 is 5.97 Å². The minimum atomic E-state index is -0.403. The molecule has 6 nitrogen and oxygen atoms in total. The summed E-state index contributed by atoms with van der Waals surface area (Å²) in [7, 11) is 0. The Morgan fingerprint density at radius 1 is 1.67 bits per heavy atom. The van der Waals surface area contributed by atoms with E-state index in [0.717, 1.165) is 0 Å². The topological polar surface area (TPSA) is 85.6 Å². The van der Waals surface area contributed by atoms with Gasteiger partial charge in [0, 0.05) is 6.42 Å². The van der Waals surface area contributed by atoms with Crippen LogP contribution in [-0.4, -0.2) is 5.97 Å². The molecule has 0 unspecified atom stereocenters. The lowest BCUT2D eigenvalue weighted by Gasteiger charge is -2.01. The first-order chi connectivity index (χ1) is 4.31. The molecule has 0 aromatic carbocycles. The smallest absolute Gasteiger partial charge is 0.326 e. The Bertz CT molecular complexity index is 86.4. The quantitative estimate of drug-likeness (QED) is 0.330. The zero-order valence-corrected chi connectivity index (χ0v) is 5.01. The molecule has 54 valence electrons. The highest BCUT2D eigenvalue weighted by atomic mass is 16.9. The highest BCUT2D eigenvalue weighted by molar-refractivity contribution is 5.68. The molecule has 0 heterocycles. The summed E-state index contributed by atoms with van der Waals surface area (Å²) in [5, 5.41) is 0. The average molecular weight is 135 g/mol. The van der Waals surface area contributed by atoms with Crippen molar-refractivity contribution in [1.82, 2.24) is 11.2 Å². The first-order valence-corrected chi connectivity index (χ1v) is 2.36. The van der Waals surface area contributed by atoms with Gasteiger partial charge in [-0.15, -0.1) is 0 Å². The van der Waals surface area contributed by atoms with Crippen molar-refractivity contribution in [1.29, 1.82) is 0 Å². The van der Waals surface area contributed by atoms with E-state index in [4.69, 9.17) is 0 Å². The molecule has 0 rings (SSSR count). The molecule has 0 amide bonds. The lowest BCUT2D eigenvalue weighted by atomic mass is 10.5. The lowest BCUT2D eigenvalue weighted by molar-refractivity contribution is -0.167. The number of hydrogen-bond acceptors (Lipinski definition) is 6. The number of hydrazine groups is 1. The fourth-order valence-electron chi connectivity index (χ4n) is 0.174. The normalized spacial score (nSPS) is 9.11. The Hall–Kier alpha value is -0.690. The number of nitrogens with one attached hydrogen (secondary N) is 2. The number of rotatable bonds is 4. The second-order valence-corrected chi connectivity index (χ2v) is 1.15. The number of nitrogens with two attached hydrogens (primary N) is 1. The summed E-state index contributed by atoms with van der Waals surface area (Å²) in [5.41, 5.74) is 3.84. The van der Waals surface area contributed by atoms with Crippen molar-refractivity contribution in [3.05, 3.63) is 0 Å². The zero-order valence-electron chi connectivity index (χ0n) is 5.01. The third-order valence-corrected chi connectivity index (χ3v) is 0.554. The minimum Gasteiger partial charge on any atom is -0.354 e. The molecule has 0 fully saturated rings. The Labute approximate surface area is 52.1 Å². The molecule has 0 aromatic heterocycles. The first kappa shape index (κ1) is 8.31. The van der Waals surface area contributed by atoms with E-state index < -0.39 is 5.97 Å². The van der Waals surface area contributed by atoms with Crippen LogP contribution in [-0.2, 0) is 14.6 Å². The van der Waals surface area contributed by atoms with Gasteiger partial charge in [0.1, 0.15) is 0 Å². The molecule has 0 radical (unpaired) electrons. The molecular weight excluding hydrogens is 126 g/mol. The monoisotopic (exact) mass is 135 g/mol. The van der Waals surface area contributed by atoms with E-state index in [0.29, 0.717) is 6.42 Å². The molecule has 0 saturated carbocycles. The third kappa shape index (κ3) is 5.18. The first-order valence-electron chi connectivity index (χ1n) is 2.36. The highest BCUT2D eigenvalue weighted by Gasteiger charge is 1.94. The van der Waals surface area contributed by atoms with Crippen LogP contribution >= 0.6 is 0 Å². The van der Waals surface area contributed by atoms with Crippen LogP contribution in [0.4, 0.5) is 0 Å². The van der Waals surface area contributed by atoms with Gasteiger partial charge in [-0.05, 0) is 0 Å². The lowest BCUT2D eigenvalue weighted by Crippen LogP contribution is -2.35. The fourth-order valence-corrected chi connectivity index (χ4v) is 0.174. The predicted octanol–water partition coefficient (Wildman–Crippen LogP) is -1.25. The van der Waals surface area contributed by atoms with E-state index in [-0.39, 0.29) is 0 Å². The van der Waals surface area contributed by atoms with Gasteiger partial charge in [-0.3, -0.25) is 4.79 Å². The Balaban J connectivity index is 2.97. The fraction of sp³-hybridized carbons (Fsp3) is 0.667. The molecule has 4 N–H and O–H groups in total. The van der Waals surface area contributed by atoms with Gasteiger partial charge in [0.05, 0.1) is 0 Å². The zero-order chi connectivity index (χ0) is 7.11. The van der Waals surface area contributed by atoms with Gasteiger partial charge in [-0.25, -0.2) is 0 Å². The van der Waals surface area contributed by atoms with Gasteiger partial charge in [0.2, 0.25) is 0 Å². The summed E-state index contributed by atoms with van der Waals surface area (Å²) in [6.45, 7) is 1.66. The van der Waals surface area contributed by atoms with Crippen LogP contribution in [0, 0.1) is 0 Å². The summed E-state index contributed by atoms with van der Waals surface area (Å²) in [6, 6.07) is 0. The maximum absolute atomic E-state index is 10.3. The van der Waals surface area contributed by atoms with Crippen LogP contribution in [0.25, 0.3) is 0 Å². The van der Waals surface area contributed by atoms with E-state index in [1.807, 2.05) is 11.2 Å². The van der Waals surface area contributed by atoms with E-state index >= 15 is 0 Å². The summed E-state index contributed by atoms with van der Waals surface area (Å²) in [5.74, 6) is 4.09. The second-order valence-electron chi connectivity index (χ2n) is 1.15. The Morgan fingerprint density at radius 3 is 2.78 bits per heavy atom. The van der Waals surface area contributed by atoms with Crippen molar-refractivity contribution in [2.45, 2.75) is 13.3 Å².